The molecule has 0 saturated carbocycles. The SMILES string of the molecule is CCc1nn(CC)c(CC2=CC(N)CCCC2)c1Cl. The molecule has 1 heterocycles. The maximum Gasteiger partial charge on any atom is 0.0853 e. The second-order valence-corrected chi connectivity index (χ2v) is 5.67. The molecular weight excluding hydrogens is 258 g/mol. The lowest BCUT2D eigenvalue weighted by molar-refractivity contribution is 0.616. The van der Waals surface area contributed by atoms with Gasteiger partial charge in [-0.1, -0.05) is 36.6 Å². The number of nitrogens with two attached hydrogens (primary N) is 1. The van der Waals surface area contributed by atoms with Crippen LogP contribution in [0.4, 0.5) is 0 Å². The number of aromatic nitrogens is 2. The fourth-order valence-corrected chi connectivity index (χ4v) is 3.09. The highest BCUT2D eigenvalue weighted by atomic mass is 35.5. The summed E-state index contributed by atoms with van der Waals surface area (Å²) in [5.74, 6) is 0. The molecule has 1 aliphatic rings. The summed E-state index contributed by atoms with van der Waals surface area (Å²) in [5.41, 5.74) is 9.67. The molecule has 0 bridgehead atoms. The van der Waals surface area contributed by atoms with Crippen molar-refractivity contribution >= 4 is 11.6 Å². The molecule has 19 heavy (non-hydrogen) atoms. The minimum Gasteiger partial charge on any atom is -0.324 e. The highest BCUT2D eigenvalue weighted by molar-refractivity contribution is 6.31. The highest BCUT2D eigenvalue weighted by Gasteiger charge is 2.17. The number of aryl methyl sites for hydroxylation is 2. The van der Waals surface area contributed by atoms with Crippen molar-refractivity contribution in [3.05, 3.63) is 28.1 Å². The second-order valence-electron chi connectivity index (χ2n) is 5.29. The van der Waals surface area contributed by atoms with Crippen LogP contribution in [0.15, 0.2) is 11.6 Å². The summed E-state index contributed by atoms with van der Waals surface area (Å²) in [6, 6.07) is 0.208. The van der Waals surface area contributed by atoms with Gasteiger partial charge in [-0.25, -0.2) is 0 Å². The standard InChI is InChI=1S/C15H24ClN3/c1-3-13-15(16)14(19(4-2)18-13)10-11-7-5-6-8-12(17)9-11/h9,12H,3-8,10,17H2,1-2H3. The van der Waals surface area contributed by atoms with Gasteiger partial charge in [-0.2, -0.15) is 5.10 Å². The van der Waals surface area contributed by atoms with Crippen molar-refractivity contribution in [2.45, 2.75) is 65.0 Å². The quantitative estimate of drug-likeness (QED) is 0.859. The van der Waals surface area contributed by atoms with Gasteiger partial charge in [0.1, 0.15) is 0 Å². The van der Waals surface area contributed by atoms with Gasteiger partial charge >= 0.3 is 0 Å². The van der Waals surface area contributed by atoms with E-state index in [1.54, 1.807) is 0 Å². The molecule has 0 amide bonds. The Morgan fingerprint density at radius 1 is 1.42 bits per heavy atom. The number of halogens is 1. The van der Waals surface area contributed by atoms with Crippen LogP contribution in [-0.4, -0.2) is 15.8 Å². The summed E-state index contributed by atoms with van der Waals surface area (Å²) >= 11 is 6.46. The fraction of sp³-hybridized carbons (Fsp3) is 0.667. The predicted molar refractivity (Wildman–Crippen MR) is 80.5 cm³/mol. The smallest absolute Gasteiger partial charge is 0.0853 e. The van der Waals surface area contributed by atoms with Crippen molar-refractivity contribution in [2.75, 3.05) is 0 Å². The molecule has 0 radical (unpaired) electrons. The van der Waals surface area contributed by atoms with Gasteiger partial charge in [0.05, 0.1) is 16.4 Å². The lowest BCUT2D eigenvalue weighted by Gasteiger charge is -2.09. The predicted octanol–water partition coefficient (Wildman–Crippen LogP) is 3.49. The van der Waals surface area contributed by atoms with E-state index < -0.39 is 0 Å². The molecule has 0 aromatic carbocycles. The Bertz CT molecular complexity index is 462. The third-order valence-corrected chi connectivity index (χ3v) is 4.26. The van der Waals surface area contributed by atoms with Crippen LogP contribution < -0.4 is 5.73 Å². The van der Waals surface area contributed by atoms with E-state index in [-0.39, 0.29) is 6.04 Å². The maximum absolute atomic E-state index is 6.46. The van der Waals surface area contributed by atoms with Crippen molar-refractivity contribution in [1.29, 1.82) is 0 Å². The molecular formula is C15H24ClN3. The van der Waals surface area contributed by atoms with E-state index >= 15 is 0 Å². The fourth-order valence-electron chi connectivity index (χ4n) is 2.75. The molecule has 1 unspecified atom stereocenters. The normalized spacial score (nSPS) is 20.2. The van der Waals surface area contributed by atoms with E-state index in [1.165, 1.54) is 18.4 Å². The van der Waals surface area contributed by atoms with Gasteiger partial charge in [0.25, 0.3) is 0 Å². The van der Waals surface area contributed by atoms with Gasteiger partial charge in [0, 0.05) is 19.0 Å². The molecule has 1 aliphatic carbocycles. The van der Waals surface area contributed by atoms with E-state index in [4.69, 9.17) is 17.3 Å². The highest BCUT2D eigenvalue weighted by Crippen LogP contribution is 2.27. The molecule has 1 aromatic rings. The van der Waals surface area contributed by atoms with E-state index in [0.29, 0.717) is 0 Å². The monoisotopic (exact) mass is 281 g/mol. The lowest BCUT2D eigenvalue weighted by atomic mass is 10.0. The first-order chi connectivity index (χ1) is 9.15. The summed E-state index contributed by atoms with van der Waals surface area (Å²) in [6.45, 7) is 5.08. The lowest BCUT2D eigenvalue weighted by Crippen LogP contribution is -2.16. The van der Waals surface area contributed by atoms with Crippen LogP contribution in [0.1, 0.15) is 50.9 Å². The zero-order valence-electron chi connectivity index (χ0n) is 12.0. The third kappa shape index (κ3) is 3.40. The molecule has 3 nitrogen and oxygen atoms in total. The van der Waals surface area contributed by atoms with Crippen LogP contribution in [0.25, 0.3) is 0 Å². The van der Waals surface area contributed by atoms with Crippen LogP contribution >= 0.6 is 11.6 Å². The van der Waals surface area contributed by atoms with Crippen LogP contribution in [0.3, 0.4) is 0 Å². The summed E-state index contributed by atoms with van der Waals surface area (Å²) in [6.07, 6.45) is 8.72. The van der Waals surface area contributed by atoms with Crippen molar-refractivity contribution in [3.8, 4) is 0 Å². The Kier molecular flexibility index (Phi) is 5.06. The Balaban J connectivity index is 2.24. The van der Waals surface area contributed by atoms with Gasteiger partial charge in [-0.3, -0.25) is 4.68 Å². The van der Waals surface area contributed by atoms with Gasteiger partial charge in [-0.15, -0.1) is 0 Å². The molecule has 2 rings (SSSR count). The first kappa shape index (κ1) is 14.6. The number of hydrogen-bond acceptors (Lipinski definition) is 2. The van der Waals surface area contributed by atoms with Crippen molar-refractivity contribution in [1.82, 2.24) is 9.78 Å². The minimum atomic E-state index is 0.208. The van der Waals surface area contributed by atoms with Crippen molar-refractivity contribution < 1.29 is 0 Å². The summed E-state index contributed by atoms with van der Waals surface area (Å²) < 4.78 is 2.04. The average Bonchev–Trinajstić information content (AvgIpc) is 2.57. The third-order valence-electron chi connectivity index (χ3n) is 3.82. The van der Waals surface area contributed by atoms with E-state index in [1.807, 2.05) is 4.68 Å². The van der Waals surface area contributed by atoms with E-state index in [0.717, 1.165) is 48.6 Å². The molecule has 4 heteroatoms. The molecule has 1 aromatic heterocycles. The van der Waals surface area contributed by atoms with Crippen molar-refractivity contribution in [3.63, 3.8) is 0 Å². The minimum absolute atomic E-state index is 0.208. The van der Waals surface area contributed by atoms with E-state index in [2.05, 4.69) is 25.0 Å². The topological polar surface area (TPSA) is 43.8 Å². The average molecular weight is 282 g/mol. The summed E-state index contributed by atoms with van der Waals surface area (Å²) in [4.78, 5) is 0. The second kappa shape index (κ2) is 6.58. The van der Waals surface area contributed by atoms with Crippen molar-refractivity contribution in [2.24, 2.45) is 5.73 Å². The van der Waals surface area contributed by atoms with Gasteiger partial charge in [0.15, 0.2) is 0 Å². The molecule has 1 atom stereocenters. The number of hydrogen-bond donors (Lipinski definition) is 1. The first-order valence-electron chi connectivity index (χ1n) is 7.34. The van der Waals surface area contributed by atoms with Crippen LogP contribution in [0.2, 0.25) is 5.02 Å². The largest absolute Gasteiger partial charge is 0.324 e. The maximum atomic E-state index is 6.46. The van der Waals surface area contributed by atoms with Gasteiger partial charge in [-0.05, 0) is 32.6 Å². The van der Waals surface area contributed by atoms with Crippen LogP contribution in [0, 0.1) is 0 Å². The van der Waals surface area contributed by atoms with E-state index in [9.17, 15) is 0 Å². The summed E-state index contributed by atoms with van der Waals surface area (Å²) in [5, 5.41) is 5.43. The van der Waals surface area contributed by atoms with Crippen LogP contribution in [-0.2, 0) is 19.4 Å². The van der Waals surface area contributed by atoms with Gasteiger partial charge in [0.2, 0.25) is 0 Å². The number of nitrogens with zero attached hydrogens (tertiary/aromatic N) is 2. The molecule has 0 fully saturated rings. The Morgan fingerprint density at radius 3 is 2.89 bits per heavy atom. The molecule has 0 aliphatic heterocycles. The number of rotatable bonds is 4. The zero-order chi connectivity index (χ0) is 13.8. The summed E-state index contributed by atoms with van der Waals surface area (Å²) in [7, 11) is 0. The first-order valence-corrected chi connectivity index (χ1v) is 7.72. The molecule has 0 saturated heterocycles. The Morgan fingerprint density at radius 2 is 2.21 bits per heavy atom. The molecule has 0 spiro atoms. The van der Waals surface area contributed by atoms with Crippen LogP contribution in [0.5, 0.6) is 0 Å². The zero-order valence-corrected chi connectivity index (χ0v) is 12.7. The molecule has 2 N–H and O–H groups in total. The Hall–Kier alpha value is -0.800. The number of allylic oxidation sites excluding steroid dienone is 1. The molecule has 106 valence electrons. The van der Waals surface area contributed by atoms with Gasteiger partial charge < -0.3 is 5.73 Å². The Labute approximate surface area is 120 Å².